The van der Waals surface area contributed by atoms with Crippen LogP contribution in [0.3, 0.4) is 0 Å². The van der Waals surface area contributed by atoms with Crippen LogP contribution in [0.15, 0.2) is 0 Å². The predicted molar refractivity (Wildman–Crippen MR) is 33.4 cm³/mol. The fourth-order valence-corrected chi connectivity index (χ4v) is 1.09. The average Bonchev–Trinajstić information content (AvgIpc) is 2.17. The van der Waals surface area contributed by atoms with E-state index in [0.29, 0.717) is 0 Å². The molecule has 3 unspecified atom stereocenters. The lowest BCUT2D eigenvalue weighted by atomic mass is 10.1. The molecule has 0 bridgehead atoms. The normalized spacial score (nSPS) is 48.0. The van der Waals surface area contributed by atoms with E-state index in [1.807, 2.05) is 0 Å². The van der Waals surface area contributed by atoms with Gasteiger partial charge in [0.25, 0.3) is 0 Å². The molecule has 0 spiro atoms. The van der Waals surface area contributed by atoms with Crippen molar-refractivity contribution in [2.75, 3.05) is 6.61 Å². The molecule has 1 aliphatic heterocycles. The zero-order valence-electron chi connectivity index (χ0n) is 5.77. The quantitative estimate of drug-likeness (QED) is 0.422. The lowest BCUT2D eigenvalue weighted by molar-refractivity contribution is -0.0171. The fraction of sp³-hybridized carbons (Fsp3) is 1.00. The minimum atomic E-state index is -0.944. The lowest BCUT2D eigenvalue weighted by Gasteiger charge is -2.10. The summed E-state index contributed by atoms with van der Waals surface area (Å²) in [6.45, 7) is 1.41. The number of rotatable bonds is 1. The van der Waals surface area contributed by atoms with Gasteiger partial charge in [-0.3, -0.25) is 0 Å². The van der Waals surface area contributed by atoms with Crippen LogP contribution >= 0.6 is 0 Å². The topological polar surface area (TPSA) is 69.9 Å². The third kappa shape index (κ3) is 1.15. The van der Waals surface area contributed by atoms with Crippen molar-refractivity contribution in [2.24, 2.45) is 0 Å². The first kappa shape index (κ1) is 7.94. The van der Waals surface area contributed by atoms with Crippen LogP contribution in [0.2, 0.25) is 0 Å². The van der Waals surface area contributed by atoms with Crippen molar-refractivity contribution < 1.29 is 20.1 Å². The van der Waals surface area contributed by atoms with E-state index in [2.05, 4.69) is 0 Å². The van der Waals surface area contributed by atoms with E-state index in [4.69, 9.17) is 20.1 Å². The summed E-state index contributed by atoms with van der Waals surface area (Å²) in [6, 6.07) is 0. The van der Waals surface area contributed by atoms with E-state index in [-0.39, 0.29) is 12.7 Å². The van der Waals surface area contributed by atoms with Crippen molar-refractivity contribution in [1.82, 2.24) is 0 Å². The van der Waals surface area contributed by atoms with E-state index in [9.17, 15) is 0 Å². The maximum Gasteiger partial charge on any atom is 0.111 e. The Hall–Kier alpha value is -0.160. The van der Waals surface area contributed by atoms with Gasteiger partial charge in [-0.15, -0.1) is 0 Å². The Kier molecular flexibility index (Phi) is 2.25. The number of ether oxygens (including phenoxy) is 1. The van der Waals surface area contributed by atoms with Crippen LogP contribution < -0.4 is 0 Å². The van der Waals surface area contributed by atoms with Crippen molar-refractivity contribution in [3.8, 4) is 0 Å². The van der Waals surface area contributed by atoms with Gasteiger partial charge in [-0.05, 0) is 6.92 Å². The molecule has 60 valence electrons. The molecule has 4 nitrogen and oxygen atoms in total. The highest BCUT2D eigenvalue weighted by Gasteiger charge is 2.39. The number of hydrogen-bond acceptors (Lipinski definition) is 4. The summed E-state index contributed by atoms with van der Waals surface area (Å²) in [5.74, 6) is 0. The zero-order chi connectivity index (χ0) is 7.72. The first-order valence-electron chi connectivity index (χ1n) is 3.29. The van der Waals surface area contributed by atoms with Gasteiger partial charge in [0.1, 0.15) is 18.3 Å². The molecule has 3 N–H and O–H groups in total. The fourth-order valence-electron chi connectivity index (χ4n) is 1.09. The van der Waals surface area contributed by atoms with Gasteiger partial charge in [0, 0.05) is 0 Å². The summed E-state index contributed by atoms with van der Waals surface area (Å²) in [4.78, 5) is 0. The number of aliphatic hydroxyl groups is 3. The Morgan fingerprint density at radius 3 is 2.10 bits per heavy atom. The molecule has 0 aromatic carbocycles. The molecule has 10 heavy (non-hydrogen) atoms. The van der Waals surface area contributed by atoms with Gasteiger partial charge in [-0.2, -0.15) is 0 Å². The van der Waals surface area contributed by atoms with E-state index in [0.717, 1.165) is 0 Å². The van der Waals surface area contributed by atoms with E-state index in [1.165, 1.54) is 0 Å². The second-order valence-electron chi connectivity index (χ2n) is 2.54. The van der Waals surface area contributed by atoms with Crippen molar-refractivity contribution in [1.29, 1.82) is 0 Å². The van der Waals surface area contributed by atoms with Crippen LogP contribution in [0.4, 0.5) is 0 Å². The van der Waals surface area contributed by atoms with E-state index >= 15 is 0 Å². The standard InChI is InChI=1S/C6H12O4/c1-3-5(8)6(9)4(2-7)10-3/h3-9H,2H2,1H3/t3?,4?,5?,6-/m0/s1. The predicted octanol–water partition coefficient (Wildman–Crippen LogP) is -1.51. The van der Waals surface area contributed by atoms with Gasteiger partial charge in [0.2, 0.25) is 0 Å². The van der Waals surface area contributed by atoms with Crippen LogP contribution in [0.25, 0.3) is 0 Å². The number of aliphatic hydroxyl groups excluding tert-OH is 3. The van der Waals surface area contributed by atoms with Crippen molar-refractivity contribution in [2.45, 2.75) is 31.3 Å². The molecule has 0 amide bonds. The molecule has 0 aromatic rings. The molecule has 1 aliphatic rings. The molecule has 4 atom stereocenters. The summed E-state index contributed by atoms with van der Waals surface area (Å²) in [7, 11) is 0. The molecule has 0 saturated carbocycles. The molecule has 0 radical (unpaired) electrons. The van der Waals surface area contributed by atoms with Crippen LogP contribution in [-0.2, 0) is 4.74 Å². The summed E-state index contributed by atoms with van der Waals surface area (Å²) < 4.78 is 4.98. The molecular formula is C6H12O4. The zero-order valence-corrected chi connectivity index (χ0v) is 5.77. The van der Waals surface area contributed by atoms with Crippen molar-refractivity contribution in [3.63, 3.8) is 0 Å². The molecule has 1 rings (SSSR count). The lowest BCUT2D eigenvalue weighted by Crippen LogP contribution is -2.33. The Morgan fingerprint density at radius 2 is 1.90 bits per heavy atom. The first-order valence-corrected chi connectivity index (χ1v) is 3.29. The monoisotopic (exact) mass is 148 g/mol. The third-order valence-corrected chi connectivity index (χ3v) is 1.78. The van der Waals surface area contributed by atoms with Crippen LogP contribution in [0.5, 0.6) is 0 Å². The second-order valence-corrected chi connectivity index (χ2v) is 2.54. The second kappa shape index (κ2) is 2.84. The minimum absolute atomic E-state index is 0.247. The molecule has 4 heteroatoms. The highest BCUT2D eigenvalue weighted by atomic mass is 16.5. The summed E-state index contributed by atoms with van der Waals surface area (Å²) in [6.07, 6.45) is -2.81. The molecule has 1 fully saturated rings. The maximum atomic E-state index is 9.09. The molecule has 1 saturated heterocycles. The summed E-state index contributed by atoms with van der Waals surface area (Å²) in [5.41, 5.74) is 0. The maximum absolute atomic E-state index is 9.09. The first-order chi connectivity index (χ1) is 4.66. The number of hydrogen-bond donors (Lipinski definition) is 3. The van der Waals surface area contributed by atoms with Gasteiger partial charge >= 0.3 is 0 Å². The van der Waals surface area contributed by atoms with Gasteiger partial charge in [-0.1, -0.05) is 0 Å². The van der Waals surface area contributed by atoms with Crippen LogP contribution in [0.1, 0.15) is 6.92 Å². The smallest absolute Gasteiger partial charge is 0.111 e. The Bertz CT molecular complexity index is 116. The largest absolute Gasteiger partial charge is 0.394 e. The summed E-state index contributed by atoms with van der Waals surface area (Å²) in [5, 5.41) is 26.8. The Balaban J connectivity index is 2.53. The van der Waals surface area contributed by atoms with E-state index in [1.54, 1.807) is 6.92 Å². The third-order valence-electron chi connectivity index (χ3n) is 1.78. The molecule has 0 aromatic heterocycles. The average molecular weight is 148 g/mol. The Labute approximate surface area is 59.1 Å². The molecular weight excluding hydrogens is 136 g/mol. The van der Waals surface area contributed by atoms with Gasteiger partial charge in [0.05, 0.1) is 12.7 Å². The SMILES string of the molecule is CC1OC(CO)[C@H](O)C1O. The van der Waals surface area contributed by atoms with Gasteiger partial charge < -0.3 is 20.1 Å². The van der Waals surface area contributed by atoms with Crippen molar-refractivity contribution in [3.05, 3.63) is 0 Å². The minimum Gasteiger partial charge on any atom is -0.394 e. The Morgan fingerprint density at radius 1 is 1.30 bits per heavy atom. The highest BCUT2D eigenvalue weighted by Crippen LogP contribution is 2.19. The highest BCUT2D eigenvalue weighted by molar-refractivity contribution is 4.87. The van der Waals surface area contributed by atoms with Crippen molar-refractivity contribution >= 4 is 0 Å². The van der Waals surface area contributed by atoms with Gasteiger partial charge in [0.15, 0.2) is 0 Å². The van der Waals surface area contributed by atoms with Gasteiger partial charge in [-0.25, -0.2) is 0 Å². The van der Waals surface area contributed by atoms with Crippen LogP contribution in [0, 0.1) is 0 Å². The molecule has 1 heterocycles. The molecule has 0 aliphatic carbocycles. The van der Waals surface area contributed by atoms with Crippen LogP contribution in [-0.4, -0.2) is 46.3 Å². The summed E-state index contributed by atoms with van der Waals surface area (Å²) >= 11 is 0. The van der Waals surface area contributed by atoms with E-state index < -0.39 is 18.3 Å².